The average molecular weight is 305 g/mol. The van der Waals surface area contributed by atoms with Gasteiger partial charge < -0.3 is 0 Å². The highest BCUT2D eigenvalue weighted by molar-refractivity contribution is 4.78. The molecule has 1 heterocycles. The van der Waals surface area contributed by atoms with E-state index in [4.69, 9.17) is 0 Å². The van der Waals surface area contributed by atoms with Gasteiger partial charge in [0.2, 0.25) is 0 Å². The minimum atomic E-state index is -0.211. The lowest BCUT2D eigenvalue weighted by Gasteiger charge is -2.08. The van der Waals surface area contributed by atoms with Crippen LogP contribution in [-0.4, -0.2) is 13.9 Å². The van der Waals surface area contributed by atoms with Gasteiger partial charge in [0.05, 0.1) is 0 Å². The van der Waals surface area contributed by atoms with Crippen LogP contribution in [0.1, 0.15) is 38.5 Å². The molecule has 1 rings (SSSR count). The Morgan fingerprint density at radius 1 is 0.682 bits per heavy atom. The molecule has 0 saturated carbocycles. The lowest BCUT2D eigenvalue weighted by Crippen LogP contribution is -2.29. The maximum atomic E-state index is 12.5. The molecule has 0 bridgehead atoms. The second-order valence-corrected chi connectivity index (χ2v) is 5.26. The molecule has 0 fully saturated rings. The minimum Gasteiger partial charge on any atom is -0.246 e. The Kier molecular flexibility index (Phi) is 8.04. The molecule has 122 valence electrons. The fraction of sp³-hybridized carbons (Fsp3) is 0.529. The minimum absolute atomic E-state index is 0.211. The van der Waals surface area contributed by atoms with Gasteiger partial charge in [0, 0.05) is 19.6 Å². The molecule has 0 aliphatic carbocycles. The Morgan fingerprint density at radius 3 is 1.41 bits per heavy atom. The van der Waals surface area contributed by atoms with E-state index < -0.39 is 0 Å². The highest BCUT2D eigenvalue weighted by Gasteiger charge is 2.14. The van der Waals surface area contributed by atoms with Crippen LogP contribution in [0.25, 0.3) is 0 Å². The number of rotatable bonds is 12. The molecule has 1 aromatic rings. The van der Waals surface area contributed by atoms with Gasteiger partial charge in [0.1, 0.15) is 0 Å². The molecule has 0 saturated heterocycles. The summed E-state index contributed by atoms with van der Waals surface area (Å²) in [5.74, 6) is 0. The first-order valence-electron chi connectivity index (χ1n) is 7.90. The van der Waals surface area contributed by atoms with Crippen LogP contribution in [0.5, 0.6) is 0 Å². The number of nitrogens with zero attached hydrogens (tertiary/aromatic N) is 3. The molecular weight excluding hydrogens is 278 g/mol. The van der Waals surface area contributed by atoms with Crippen LogP contribution in [0.4, 0.5) is 0 Å². The third-order valence-electron chi connectivity index (χ3n) is 3.54. The van der Waals surface area contributed by atoms with Crippen molar-refractivity contribution in [2.75, 3.05) is 0 Å². The highest BCUT2D eigenvalue weighted by Crippen LogP contribution is 1.98. The summed E-state index contributed by atoms with van der Waals surface area (Å²) in [6.45, 7) is 12.6. The van der Waals surface area contributed by atoms with Crippen LogP contribution in [0.2, 0.25) is 0 Å². The van der Waals surface area contributed by atoms with Gasteiger partial charge in [-0.3, -0.25) is 0 Å². The topological polar surface area (TPSA) is 48.9 Å². The Hall–Kier alpha value is -2.04. The maximum Gasteiger partial charge on any atom is 0.347 e. The number of hydrogen-bond acceptors (Lipinski definition) is 2. The van der Waals surface area contributed by atoms with Gasteiger partial charge >= 0.3 is 11.4 Å². The molecule has 22 heavy (non-hydrogen) atoms. The first-order chi connectivity index (χ1) is 10.7. The highest BCUT2D eigenvalue weighted by atomic mass is 16.2. The summed E-state index contributed by atoms with van der Waals surface area (Å²) in [5, 5.41) is 0. The molecule has 0 atom stereocenters. The molecule has 0 aliphatic heterocycles. The van der Waals surface area contributed by atoms with E-state index >= 15 is 0 Å². The molecule has 0 unspecified atom stereocenters. The summed E-state index contributed by atoms with van der Waals surface area (Å²) in [6.07, 6.45) is 10.3. The Balaban J connectivity index is 3.02. The predicted molar refractivity (Wildman–Crippen MR) is 91.2 cm³/mol. The van der Waals surface area contributed by atoms with Crippen molar-refractivity contribution >= 4 is 0 Å². The summed E-state index contributed by atoms with van der Waals surface area (Å²) >= 11 is 0. The van der Waals surface area contributed by atoms with Crippen molar-refractivity contribution in [3.05, 3.63) is 58.9 Å². The molecule has 0 spiro atoms. The summed E-state index contributed by atoms with van der Waals surface area (Å²) in [7, 11) is 0. The standard InChI is InChI=1S/C17H27N3O2/c1-4-7-10-13-18-16(21)19(14-11-8-5-2)20(17(18)22)15-12-9-6-3/h4-6H,1-3,7-15H2. The third kappa shape index (κ3) is 4.76. The summed E-state index contributed by atoms with van der Waals surface area (Å²) in [6, 6.07) is 0. The van der Waals surface area contributed by atoms with Crippen molar-refractivity contribution in [3.8, 4) is 0 Å². The lowest BCUT2D eigenvalue weighted by atomic mass is 10.3. The van der Waals surface area contributed by atoms with Crippen molar-refractivity contribution in [1.82, 2.24) is 13.9 Å². The second-order valence-electron chi connectivity index (χ2n) is 5.26. The number of aromatic nitrogens is 3. The van der Waals surface area contributed by atoms with Gasteiger partial charge in [0.15, 0.2) is 0 Å². The second kappa shape index (κ2) is 9.82. The molecule has 0 aromatic carbocycles. The van der Waals surface area contributed by atoms with Crippen molar-refractivity contribution in [2.45, 2.75) is 58.2 Å². The van der Waals surface area contributed by atoms with Crippen LogP contribution < -0.4 is 11.4 Å². The van der Waals surface area contributed by atoms with E-state index in [0.717, 1.165) is 38.5 Å². The van der Waals surface area contributed by atoms with Crippen LogP contribution in [0.3, 0.4) is 0 Å². The first-order valence-corrected chi connectivity index (χ1v) is 7.90. The lowest BCUT2D eigenvalue weighted by molar-refractivity contribution is 0.416. The van der Waals surface area contributed by atoms with E-state index in [1.807, 2.05) is 12.2 Å². The van der Waals surface area contributed by atoms with Gasteiger partial charge in [-0.05, 0) is 38.5 Å². The van der Waals surface area contributed by atoms with Gasteiger partial charge in [-0.25, -0.2) is 23.5 Å². The van der Waals surface area contributed by atoms with E-state index in [9.17, 15) is 9.59 Å². The Labute approximate surface area is 131 Å². The average Bonchev–Trinajstić information content (AvgIpc) is 2.73. The molecular formula is C17H27N3O2. The van der Waals surface area contributed by atoms with Crippen molar-refractivity contribution in [2.24, 2.45) is 0 Å². The summed E-state index contributed by atoms with van der Waals surface area (Å²) in [5.41, 5.74) is -0.423. The molecule has 5 nitrogen and oxygen atoms in total. The smallest absolute Gasteiger partial charge is 0.246 e. The number of unbranched alkanes of at least 4 members (excludes halogenated alkanes) is 3. The molecule has 0 N–H and O–H groups in total. The van der Waals surface area contributed by atoms with Gasteiger partial charge in [-0.15, -0.1) is 19.7 Å². The monoisotopic (exact) mass is 305 g/mol. The van der Waals surface area contributed by atoms with Gasteiger partial charge in [0.25, 0.3) is 0 Å². The van der Waals surface area contributed by atoms with Crippen LogP contribution in [0.15, 0.2) is 47.6 Å². The molecule has 0 aliphatic rings. The molecule has 0 radical (unpaired) electrons. The summed E-state index contributed by atoms with van der Waals surface area (Å²) in [4.78, 5) is 24.9. The number of hydrogen-bond donors (Lipinski definition) is 0. The number of allylic oxidation sites excluding steroid dienone is 3. The van der Waals surface area contributed by atoms with Crippen LogP contribution in [0, 0.1) is 0 Å². The SMILES string of the molecule is C=CCCCn1c(=O)n(CCCC=C)n(CCCC=C)c1=O. The molecule has 5 heteroatoms. The van der Waals surface area contributed by atoms with Crippen molar-refractivity contribution in [1.29, 1.82) is 0 Å². The van der Waals surface area contributed by atoms with E-state index in [-0.39, 0.29) is 11.4 Å². The van der Waals surface area contributed by atoms with E-state index in [0.29, 0.717) is 19.6 Å². The zero-order chi connectivity index (χ0) is 16.4. The zero-order valence-electron chi connectivity index (χ0n) is 13.4. The van der Waals surface area contributed by atoms with Crippen molar-refractivity contribution in [3.63, 3.8) is 0 Å². The summed E-state index contributed by atoms with van der Waals surface area (Å²) < 4.78 is 4.48. The maximum absolute atomic E-state index is 12.5. The Bertz CT molecular complexity index is 559. The zero-order valence-corrected chi connectivity index (χ0v) is 13.4. The fourth-order valence-electron chi connectivity index (χ4n) is 2.36. The molecule has 0 amide bonds. The van der Waals surface area contributed by atoms with Crippen molar-refractivity contribution < 1.29 is 0 Å². The largest absolute Gasteiger partial charge is 0.347 e. The van der Waals surface area contributed by atoms with Crippen LogP contribution in [-0.2, 0) is 19.6 Å². The quantitative estimate of drug-likeness (QED) is 0.440. The van der Waals surface area contributed by atoms with E-state index in [2.05, 4.69) is 19.7 Å². The van der Waals surface area contributed by atoms with Gasteiger partial charge in [-0.2, -0.15) is 0 Å². The van der Waals surface area contributed by atoms with E-state index in [1.165, 1.54) is 4.57 Å². The van der Waals surface area contributed by atoms with Gasteiger partial charge in [-0.1, -0.05) is 18.2 Å². The normalized spacial score (nSPS) is 10.5. The van der Waals surface area contributed by atoms with Crippen LogP contribution >= 0.6 is 0 Å². The Morgan fingerprint density at radius 2 is 1.05 bits per heavy atom. The van der Waals surface area contributed by atoms with E-state index in [1.54, 1.807) is 15.4 Å². The fourth-order valence-corrected chi connectivity index (χ4v) is 2.36. The predicted octanol–water partition coefficient (Wildman–Crippen LogP) is 2.71. The molecule has 1 aromatic heterocycles. The first kappa shape index (κ1) is 18.0. The third-order valence-corrected chi connectivity index (χ3v) is 3.54.